The van der Waals surface area contributed by atoms with Gasteiger partial charge >= 0.3 is 0 Å². The van der Waals surface area contributed by atoms with Crippen molar-refractivity contribution < 1.29 is 13.2 Å². The average molecular weight is 408 g/mol. The van der Waals surface area contributed by atoms with Gasteiger partial charge in [0.1, 0.15) is 4.21 Å². The van der Waals surface area contributed by atoms with E-state index in [4.69, 9.17) is 5.73 Å². The van der Waals surface area contributed by atoms with E-state index < -0.39 is 10.0 Å². The highest BCUT2D eigenvalue weighted by atomic mass is 35.5. The van der Waals surface area contributed by atoms with Gasteiger partial charge in [0.2, 0.25) is 15.9 Å². The highest BCUT2D eigenvalue weighted by Crippen LogP contribution is 2.28. The van der Waals surface area contributed by atoms with Crippen LogP contribution in [0.1, 0.15) is 38.5 Å². The molecule has 0 radical (unpaired) electrons. The molecule has 1 aliphatic heterocycles. The lowest BCUT2D eigenvalue weighted by atomic mass is 9.98. The maximum absolute atomic E-state index is 12.4. The fourth-order valence-corrected chi connectivity index (χ4v) is 5.93. The molecule has 0 bridgehead atoms. The van der Waals surface area contributed by atoms with Crippen LogP contribution in [0.5, 0.6) is 0 Å². The molecule has 0 unspecified atom stereocenters. The maximum atomic E-state index is 12.4. The second-order valence-corrected chi connectivity index (χ2v) is 9.66. The monoisotopic (exact) mass is 407 g/mol. The fraction of sp³-hybridized carbons (Fsp3) is 0.688. The summed E-state index contributed by atoms with van der Waals surface area (Å²) in [5.41, 5.74) is 6.05. The number of piperidine rings is 1. The van der Waals surface area contributed by atoms with Crippen LogP contribution in [0.2, 0.25) is 0 Å². The van der Waals surface area contributed by atoms with Crippen LogP contribution in [-0.4, -0.2) is 44.4 Å². The zero-order valence-corrected chi connectivity index (χ0v) is 16.5. The smallest absolute Gasteiger partial charge is 0.250 e. The highest BCUT2D eigenvalue weighted by Gasteiger charge is 2.31. The minimum atomic E-state index is -3.43. The van der Waals surface area contributed by atoms with E-state index in [-0.39, 0.29) is 30.4 Å². The van der Waals surface area contributed by atoms with Crippen LogP contribution < -0.4 is 10.5 Å². The van der Waals surface area contributed by atoms with Crippen molar-refractivity contribution in [3.05, 3.63) is 17.5 Å². The number of hydrogen-bond donors (Lipinski definition) is 2. The number of carbonyl (C=O) groups excluding carboxylic acids is 1. The zero-order valence-electron chi connectivity index (χ0n) is 14.1. The van der Waals surface area contributed by atoms with Gasteiger partial charge < -0.3 is 10.6 Å². The van der Waals surface area contributed by atoms with Crippen LogP contribution in [0.4, 0.5) is 0 Å². The third-order valence-electron chi connectivity index (χ3n) is 5.08. The van der Waals surface area contributed by atoms with Crippen LogP contribution in [0.15, 0.2) is 21.7 Å². The lowest BCUT2D eigenvalue weighted by molar-refractivity contribution is -0.133. The fourth-order valence-electron chi connectivity index (χ4n) is 3.61. The maximum Gasteiger partial charge on any atom is 0.250 e. The number of nitrogens with one attached hydrogen (secondary N) is 1. The van der Waals surface area contributed by atoms with Crippen LogP contribution >= 0.6 is 23.7 Å². The van der Waals surface area contributed by atoms with Crippen molar-refractivity contribution in [3.63, 3.8) is 0 Å². The number of sulfonamides is 1. The van der Waals surface area contributed by atoms with Crippen molar-refractivity contribution in [2.45, 2.75) is 54.8 Å². The molecule has 6 nitrogen and oxygen atoms in total. The number of likely N-dealkylation sites (tertiary alicyclic amines) is 1. The number of nitrogens with zero attached hydrogens (tertiary/aromatic N) is 1. The Balaban J connectivity index is 0.00000225. The molecule has 3 rings (SSSR count). The molecule has 25 heavy (non-hydrogen) atoms. The van der Waals surface area contributed by atoms with E-state index in [1.54, 1.807) is 17.5 Å². The average Bonchev–Trinajstić information content (AvgIpc) is 3.20. The first-order valence-electron chi connectivity index (χ1n) is 8.55. The molecule has 0 spiro atoms. The third-order valence-corrected chi connectivity index (χ3v) is 8.00. The van der Waals surface area contributed by atoms with E-state index in [1.165, 1.54) is 11.3 Å². The van der Waals surface area contributed by atoms with Gasteiger partial charge in [0, 0.05) is 31.6 Å². The Hall–Kier alpha value is -0.670. The summed E-state index contributed by atoms with van der Waals surface area (Å²) in [5.74, 6) is 0.476. The van der Waals surface area contributed by atoms with E-state index in [0.717, 1.165) is 19.3 Å². The van der Waals surface area contributed by atoms with Crippen molar-refractivity contribution in [3.8, 4) is 0 Å². The SMILES string of the molecule is Cl.N[C@@H]1CCC[C@H]1CC(=O)N1CCC(NS(=O)(=O)c2cccs2)CC1. The summed E-state index contributed by atoms with van der Waals surface area (Å²) in [6.45, 7) is 1.22. The van der Waals surface area contributed by atoms with Crippen molar-refractivity contribution in [2.24, 2.45) is 11.7 Å². The molecular weight excluding hydrogens is 382 g/mol. The molecular formula is C16H26ClN3O3S2. The molecule has 2 aliphatic rings. The van der Waals surface area contributed by atoms with E-state index in [9.17, 15) is 13.2 Å². The number of carbonyl (C=O) groups is 1. The van der Waals surface area contributed by atoms with Crippen molar-refractivity contribution in [1.82, 2.24) is 9.62 Å². The molecule has 1 saturated heterocycles. The Morgan fingerprint density at radius 2 is 2.00 bits per heavy atom. The first-order chi connectivity index (χ1) is 11.5. The molecule has 0 aromatic carbocycles. The van der Waals surface area contributed by atoms with Gasteiger partial charge in [-0.25, -0.2) is 13.1 Å². The van der Waals surface area contributed by atoms with Gasteiger partial charge in [-0.05, 0) is 43.0 Å². The topological polar surface area (TPSA) is 92.5 Å². The standard InChI is InChI=1S/C16H25N3O3S2.ClH/c17-14-4-1-3-12(14)11-15(20)19-8-6-13(7-9-19)18-24(21,22)16-5-2-10-23-16;/h2,5,10,12-14,18H,1,3-4,6-9,11,17H2;1H/t12-,14+;/m0./s1. The summed E-state index contributed by atoms with van der Waals surface area (Å²) in [4.78, 5) is 14.3. The minimum Gasteiger partial charge on any atom is -0.343 e. The number of rotatable bonds is 5. The lowest BCUT2D eigenvalue weighted by Crippen LogP contribution is -2.47. The number of halogens is 1. The minimum absolute atomic E-state index is 0. The van der Waals surface area contributed by atoms with E-state index >= 15 is 0 Å². The van der Waals surface area contributed by atoms with Crippen LogP contribution in [-0.2, 0) is 14.8 Å². The molecule has 1 saturated carbocycles. The Morgan fingerprint density at radius 3 is 2.56 bits per heavy atom. The van der Waals surface area contributed by atoms with Gasteiger partial charge in [-0.2, -0.15) is 0 Å². The summed E-state index contributed by atoms with van der Waals surface area (Å²) in [6, 6.07) is 3.39. The Bertz CT molecular complexity index is 658. The number of amides is 1. The van der Waals surface area contributed by atoms with Gasteiger partial charge in [0.15, 0.2) is 0 Å². The summed E-state index contributed by atoms with van der Waals surface area (Å²) >= 11 is 1.21. The zero-order chi connectivity index (χ0) is 17.2. The molecule has 1 aliphatic carbocycles. The summed E-state index contributed by atoms with van der Waals surface area (Å²) in [6.07, 6.45) is 5.03. The summed E-state index contributed by atoms with van der Waals surface area (Å²) in [5, 5.41) is 1.75. The molecule has 2 heterocycles. The van der Waals surface area contributed by atoms with Gasteiger partial charge in [0.25, 0.3) is 0 Å². The Morgan fingerprint density at radius 1 is 1.28 bits per heavy atom. The van der Waals surface area contributed by atoms with Crippen molar-refractivity contribution in [1.29, 1.82) is 0 Å². The summed E-state index contributed by atoms with van der Waals surface area (Å²) < 4.78 is 27.6. The lowest BCUT2D eigenvalue weighted by Gasteiger charge is -2.33. The molecule has 3 N–H and O–H groups in total. The van der Waals surface area contributed by atoms with Crippen LogP contribution in [0.25, 0.3) is 0 Å². The molecule has 1 aromatic heterocycles. The molecule has 1 aromatic rings. The molecule has 1 amide bonds. The Labute approximate surface area is 159 Å². The number of hydrogen-bond acceptors (Lipinski definition) is 5. The van der Waals surface area contributed by atoms with Gasteiger partial charge in [0.05, 0.1) is 0 Å². The van der Waals surface area contributed by atoms with E-state index in [2.05, 4.69) is 4.72 Å². The van der Waals surface area contributed by atoms with Crippen molar-refractivity contribution >= 4 is 39.7 Å². The number of thiophene rings is 1. The van der Waals surface area contributed by atoms with Gasteiger partial charge in [-0.3, -0.25) is 4.79 Å². The largest absolute Gasteiger partial charge is 0.343 e. The Kier molecular flexibility index (Phi) is 7.28. The first-order valence-corrected chi connectivity index (χ1v) is 10.9. The highest BCUT2D eigenvalue weighted by molar-refractivity contribution is 7.91. The third kappa shape index (κ3) is 5.17. The molecule has 142 valence electrons. The van der Waals surface area contributed by atoms with Crippen LogP contribution in [0, 0.1) is 5.92 Å². The molecule has 9 heteroatoms. The molecule has 2 atom stereocenters. The van der Waals surface area contributed by atoms with Crippen LogP contribution in [0.3, 0.4) is 0 Å². The first kappa shape index (κ1) is 20.6. The quantitative estimate of drug-likeness (QED) is 0.780. The second-order valence-electron chi connectivity index (χ2n) is 6.77. The predicted molar refractivity (Wildman–Crippen MR) is 101 cm³/mol. The summed E-state index contributed by atoms with van der Waals surface area (Å²) in [7, 11) is -3.43. The second kappa shape index (κ2) is 8.81. The van der Waals surface area contributed by atoms with Crippen molar-refractivity contribution in [2.75, 3.05) is 13.1 Å². The predicted octanol–water partition coefficient (Wildman–Crippen LogP) is 1.96. The van der Waals surface area contributed by atoms with Gasteiger partial charge in [-0.1, -0.05) is 12.5 Å². The normalized spacial score (nSPS) is 24.9. The van der Waals surface area contributed by atoms with Gasteiger partial charge in [-0.15, -0.1) is 23.7 Å². The van der Waals surface area contributed by atoms with E-state index in [0.29, 0.717) is 42.5 Å². The molecule has 2 fully saturated rings. The number of nitrogens with two attached hydrogens (primary N) is 1. The van der Waals surface area contributed by atoms with E-state index in [1.807, 2.05) is 4.90 Å².